The Labute approximate surface area is 198 Å². The summed E-state index contributed by atoms with van der Waals surface area (Å²) in [6.07, 6.45) is 1.36. The van der Waals surface area contributed by atoms with Gasteiger partial charge in [0.1, 0.15) is 0 Å². The second-order valence-corrected chi connectivity index (χ2v) is 11.9. The molecule has 1 aliphatic carbocycles. The van der Waals surface area contributed by atoms with Gasteiger partial charge in [0, 0.05) is 37.6 Å². The number of nitrogens with zero attached hydrogens (tertiary/aromatic N) is 1. The fourth-order valence-corrected chi connectivity index (χ4v) is 5.70. The van der Waals surface area contributed by atoms with E-state index in [1.807, 2.05) is 12.1 Å². The fraction of sp³-hybridized carbons (Fsp3) is 0.682. The van der Waals surface area contributed by atoms with E-state index < -0.39 is 9.84 Å². The molecule has 1 saturated heterocycles. The van der Waals surface area contributed by atoms with Crippen molar-refractivity contribution in [3.63, 3.8) is 0 Å². The van der Waals surface area contributed by atoms with Gasteiger partial charge in [-0.25, -0.2) is 8.42 Å². The molecule has 3 rings (SSSR count). The molecule has 0 aromatic heterocycles. The zero-order chi connectivity index (χ0) is 21.4. The first kappa shape index (κ1) is 25.4. The zero-order valence-corrected chi connectivity index (χ0v) is 22.0. The lowest BCUT2D eigenvalue weighted by atomic mass is 9.57. The van der Waals surface area contributed by atoms with Gasteiger partial charge in [-0.1, -0.05) is 46.8 Å². The minimum atomic E-state index is -3.35. The number of benzene rings is 1. The van der Waals surface area contributed by atoms with Gasteiger partial charge in [0.2, 0.25) is 0 Å². The first-order valence-electron chi connectivity index (χ1n) is 10.4. The van der Waals surface area contributed by atoms with E-state index in [1.54, 1.807) is 19.2 Å². The van der Waals surface area contributed by atoms with Crippen LogP contribution < -0.4 is 10.6 Å². The lowest BCUT2D eigenvalue weighted by Gasteiger charge is -2.54. The summed E-state index contributed by atoms with van der Waals surface area (Å²) in [6, 6.07) is 7.50. The highest BCUT2D eigenvalue weighted by molar-refractivity contribution is 14.0. The average Bonchev–Trinajstić information content (AvgIpc) is 3.11. The van der Waals surface area contributed by atoms with Gasteiger partial charge < -0.3 is 15.4 Å². The molecule has 0 amide bonds. The van der Waals surface area contributed by atoms with Crippen LogP contribution in [0.25, 0.3) is 0 Å². The molecule has 3 unspecified atom stereocenters. The highest BCUT2D eigenvalue weighted by atomic mass is 127. The van der Waals surface area contributed by atoms with E-state index in [0.717, 1.165) is 18.6 Å². The van der Waals surface area contributed by atoms with Crippen LogP contribution in [0.5, 0.6) is 0 Å². The third-order valence-electron chi connectivity index (χ3n) is 6.36. The van der Waals surface area contributed by atoms with Crippen molar-refractivity contribution in [1.82, 2.24) is 10.6 Å². The summed E-state index contributed by atoms with van der Waals surface area (Å²) >= 11 is 0. The third kappa shape index (κ3) is 5.12. The first-order chi connectivity index (χ1) is 13.5. The Kier molecular flexibility index (Phi) is 7.89. The van der Waals surface area contributed by atoms with Gasteiger partial charge in [0.05, 0.1) is 16.8 Å². The summed E-state index contributed by atoms with van der Waals surface area (Å²) in [7, 11) is -1.64. The van der Waals surface area contributed by atoms with Crippen LogP contribution in [-0.4, -0.2) is 52.5 Å². The van der Waals surface area contributed by atoms with E-state index in [2.05, 4.69) is 50.2 Å². The van der Waals surface area contributed by atoms with Gasteiger partial charge in [0.25, 0.3) is 0 Å². The highest BCUT2D eigenvalue weighted by Crippen LogP contribution is 2.52. The Morgan fingerprint density at radius 1 is 1.23 bits per heavy atom. The topological polar surface area (TPSA) is 79.8 Å². The highest BCUT2D eigenvalue weighted by Gasteiger charge is 2.59. The number of rotatable bonds is 5. The predicted octanol–water partition coefficient (Wildman–Crippen LogP) is 3.35. The fourth-order valence-electron chi connectivity index (χ4n) is 4.54. The van der Waals surface area contributed by atoms with Crippen LogP contribution in [0.15, 0.2) is 34.2 Å². The minimum Gasteiger partial charge on any atom is -0.377 e. The van der Waals surface area contributed by atoms with Crippen LogP contribution in [-0.2, 0) is 20.0 Å². The standard InChI is InChI=1S/C22H35N3O3S.HI/c1-21(2,3)15-7-9-16(10-8-15)29(26,27)14-12-24-20(23-6)25-18-17-11-13-28-19(17)22(18,4)5;/h7-10,17-19H,11-14H2,1-6H3,(H2,23,24,25);1H. The van der Waals surface area contributed by atoms with Crippen LogP contribution in [0.2, 0.25) is 0 Å². The van der Waals surface area contributed by atoms with Crippen molar-refractivity contribution < 1.29 is 13.2 Å². The Balaban J connectivity index is 0.00000320. The van der Waals surface area contributed by atoms with Crippen molar-refractivity contribution in [2.24, 2.45) is 16.3 Å². The summed E-state index contributed by atoms with van der Waals surface area (Å²) in [6.45, 7) is 11.9. The number of ether oxygens (including phenoxy) is 1. The number of hydrogen-bond donors (Lipinski definition) is 2. The molecular weight excluding hydrogens is 513 g/mol. The molecule has 170 valence electrons. The molecule has 6 nitrogen and oxygen atoms in total. The van der Waals surface area contributed by atoms with Crippen molar-refractivity contribution in [3.05, 3.63) is 29.8 Å². The molecule has 2 aliphatic rings. The summed E-state index contributed by atoms with van der Waals surface area (Å²) in [5, 5.41) is 6.65. The molecule has 0 spiro atoms. The number of halogens is 1. The number of hydrogen-bond acceptors (Lipinski definition) is 4. The molecule has 2 N–H and O–H groups in total. The Morgan fingerprint density at radius 3 is 2.43 bits per heavy atom. The van der Waals surface area contributed by atoms with E-state index in [4.69, 9.17) is 4.74 Å². The summed E-state index contributed by atoms with van der Waals surface area (Å²) in [5.74, 6) is 1.16. The van der Waals surface area contributed by atoms with Crippen LogP contribution >= 0.6 is 24.0 Å². The SMILES string of the molecule is CN=C(NCCS(=O)(=O)c1ccc(C(C)(C)C)cc1)NC1C2CCOC2C1(C)C.I. The van der Waals surface area contributed by atoms with Crippen LogP contribution in [0.4, 0.5) is 0 Å². The van der Waals surface area contributed by atoms with E-state index in [0.29, 0.717) is 29.4 Å². The number of nitrogens with one attached hydrogen (secondary N) is 2. The monoisotopic (exact) mass is 549 g/mol. The number of fused-ring (bicyclic) bond motifs is 1. The van der Waals surface area contributed by atoms with Crippen molar-refractivity contribution in [3.8, 4) is 0 Å². The van der Waals surface area contributed by atoms with Crippen molar-refractivity contribution in [1.29, 1.82) is 0 Å². The molecule has 8 heteroatoms. The Morgan fingerprint density at radius 2 is 1.87 bits per heavy atom. The molecule has 1 aromatic carbocycles. The lowest BCUT2D eigenvalue weighted by Crippen LogP contribution is -2.68. The normalized spacial score (nSPS) is 25.7. The Hall–Kier alpha value is -0.870. The second-order valence-electron chi connectivity index (χ2n) is 9.78. The molecule has 1 aliphatic heterocycles. The molecule has 2 fully saturated rings. The van der Waals surface area contributed by atoms with E-state index in [9.17, 15) is 8.42 Å². The summed E-state index contributed by atoms with van der Waals surface area (Å²) in [4.78, 5) is 4.64. The number of guanidine groups is 1. The molecule has 0 radical (unpaired) electrons. The van der Waals surface area contributed by atoms with E-state index in [-0.39, 0.29) is 46.6 Å². The third-order valence-corrected chi connectivity index (χ3v) is 8.09. The first-order valence-corrected chi connectivity index (χ1v) is 12.0. The predicted molar refractivity (Wildman–Crippen MR) is 133 cm³/mol. The number of sulfone groups is 1. The number of aliphatic imine (C=N–C) groups is 1. The summed E-state index contributed by atoms with van der Waals surface area (Å²) in [5.41, 5.74) is 1.16. The van der Waals surface area contributed by atoms with Crippen molar-refractivity contribution in [2.75, 3.05) is 26.0 Å². The van der Waals surface area contributed by atoms with Crippen LogP contribution in [0.1, 0.15) is 46.6 Å². The van der Waals surface area contributed by atoms with E-state index >= 15 is 0 Å². The van der Waals surface area contributed by atoms with Crippen LogP contribution in [0.3, 0.4) is 0 Å². The van der Waals surface area contributed by atoms with Gasteiger partial charge in [0.15, 0.2) is 15.8 Å². The maximum absolute atomic E-state index is 12.7. The smallest absolute Gasteiger partial charge is 0.191 e. The van der Waals surface area contributed by atoms with Crippen molar-refractivity contribution >= 4 is 39.8 Å². The lowest BCUT2D eigenvalue weighted by molar-refractivity contribution is -0.106. The van der Waals surface area contributed by atoms with Crippen molar-refractivity contribution in [2.45, 2.75) is 63.5 Å². The van der Waals surface area contributed by atoms with Gasteiger partial charge in [-0.2, -0.15) is 0 Å². The second kappa shape index (κ2) is 9.32. The quantitative estimate of drug-likeness (QED) is 0.335. The molecule has 0 bridgehead atoms. The largest absolute Gasteiger partial charge is 0.377 e. The molecular formula is C22H36IN3O3S. The van der Waals surface area contributed by atoms with Gasteiger partial charge in [-0.3, -0.25) is 4.99 Å². The maximum Gasteiger partial charge on any atom is 0.191 e. The van der Waals surface area contributed by atoms with E-state index in [1.165, 1.54) is 0 Å². The summed E-state index contributed by atoms with van der Waals surface area (Å²) < 4.78 is 31.2. The molecule has 30 heavy (non-hydrogen) atoms. The molecule has 1 heterocycles. The maximum atomic E-state index is 12.7. The van der Waals surface area contributed by atoms with Gasteiger partial charge in [-0.15, -0.1) is 24.0 Å². The minimum absolute atomic E-state index is 0. The zero-order valence-electron chi connectivity index (χ0n) is 18.9. The molecule has 1 saturated carbocycles. The molecule has 1 aromatic rings. The van der Waals surface area contributed by atoms with Gasteiger partial charge in [-0.05, 0) is 29.5 Å². The van der Waals surface area contributed by atoms with Crippen LogP contribution in [0, 0.1) is 11.3 Å². The average molecular weight is 550 g/mol. The van der Waals surface area contributed by atoms with Gasteiger partial charge >= 0.3 is 0 Å². The molecule has 3 atom stereocenters. The Bertz CT molecular complexity index is 861.